The summed E-state index contributed by atoms with van der Waals surface area (Å²) in [6, 6.07) is 21.0. The van der Waals surface area contributed by atoms with E-state index in [4.69, 9.17) is 28.4 Å². The summed E-state index contributed by atoms with van der Waals surface area (Å²) < 4.78 is 36.9. The predicted octanol–water partition coefficient (Wildman–Crippen LogP) is 6.82. The maximum Gasteiger partial charge on any atom is 0.204 e. The van der Waals surface area contributed by atoms with Crippen LogP contribution in [0, 0.1) is 0 Å². The lowest BCUT2D eigenvalue weighted by Crippen LogP contribution is -2.34. The zero-order valence-corrected chi connectivity index (χ0v) is 26.6. The van der Waals surface area contributed by atoms with Gasteiger partial charge in [-0.1, -0.05) is 18.2 Å². The number of benzene rings is 4. The lowest BCUT2D eigenvalue weighted by molar-refractivity contribution is 0.221. The Balaban J connectivity index is 1.46. The van der Waals surface area contributed by atoms with Crippen molar-refractivity contribution in [2.24, 2.45) is 0 Å². The number of hydrogen-bond acceptors (Lipinski definition) is 8. The van der Waals surface area contributed by atoms with Crippen LogP contribution in [0.4, 0.5) is 0 Å². The maximum atomic E-state index is 6.98. The first kappa shape index (κ1) is 29.3. The van der Waals surface area contributed by atoms with Crippen molar-refractivity contribution >= 4 is 0 Å². The van der Waals surface area contributed by atoms with E-state index in [9.17, 15) is 0 Å². The molecular weight excluding hydrogens is 568 g/mol. The Hall–Kier alpha value is -4.40. The number of ether oxygens (including phenoxy) is 6. The fourth-order valence-corrected chi connectivity index (χ4v) is 7.02. The van der Waals surface area contributed by atoms with Crippen molar-refractivity contribution in [1.82, 2.24) is 10.2 Å². The van der Waals surface area contributed by atoms with Crippen molar-refractivity contribution in [2.75, 3.05) is 48.6 Å². The van der Waals surface area contributed by atoms with Crippen LogP contribution >= 0.6 is 0 Å². The summed E-state index contributed by atoms with van der Waals surface area (Å²) in [5, 5.41) is 3.74. The number of nitrogens with one attached hydrogen (secondary N) is 1. The first-order valence-corrected chi connectivity index (χ1v) is 15.5. The second-order valence-corrected chi connectivity index (χ2v) is 12.0. The van der Waals surface area contributed by atoms with Gasteiger partial charge in [0.15, 0.2) is 34.5 Å². The molecule has 4 aliphatic heterocycles. The molecule has 6 bridgehead atoms. The van der Waals surface area contributed by atoms with Crippen molar-refractivity contribution < 1.29 is 28.4 Å². The lowest BCUT2D eigenvalue weighted by Gasteiger charge is -2.37. The molecule has 0 saturated carbocycles. The third kappa shape index (κ3) is 5.42. The van der Waals surface area contributed by atoms with Gasteiger partial charge in [0.05, 0.1) is 28.4 Å². The fourth-order valence-electron chi connectivity index (χ4n) is 7.02. The van der Waals surface area contributed by atoms with Gasteiger partial charge < -0.3 is 33.7 Å². The number of methoxy groups -OCH3 is 4. The molecule has 1 N–H and O–H groups in total. The summed E-state index contributed by atoms with van der Waals surface area (Å²) >= 11 is 0. The molecule has 4 aromatic rings. The maximum absolute atomic E-state index is 6.98. The molecule has 0 saturated heterocycles. The Morgan fingerprint density at radius 2 is 1.44 bits per heavy atom. The van der Waals surface area contributed by atoms with Crippen molar-refractivity contribution in [1.29, 1.82) is 0 Å². The molecule has 0 radical (unpaired) electrons. The molecule has 8 nitrogen and oxygen atoms in total. The predicted molar refractivity (Wildman–Crippen MR) is 173 cm³/mol. The van der Waals surface area contributed by atoms with E-state index in [2.05, 4.69) is 59.7 Å². The van der Waals surface area contributed by atoms with Crippen molar-refractivity contribution in [3.05, 3.63) is 94.0 Å². The van der Waals surface area contributed by atoms with Crippen LogP contribution in [0.2, 0.25) is 0 Å². The first-order valence-electron chi connectivity index (χ1n) is 15.5. The number of likely N-dealkylation sites (N-methyl/N-ethyl adjacent to an activating group) is 1. The highest BCUT2D eigenvalue weighted by atomic mass is 16.5. The quantitative estimate of drug-likeness (QED) is 0.271. The van der Waals surface area contributed by atoms with E-state index in [1.54, 1.807) is 28.4 Å². The minimum atomic E-state index is 0.000931. The molecule has 4 aromatic carbocycles. The van der Waals surface area contributed by atoms with E-state index in [0.717, 1.165) is 55.6 Å². The molecule has 4 aliphatic rings. The number of nitrogens with zero attached hydrogens (tertiary/aromatic N) is 1. The average molecular weight is 609 g/mol. The summed E-state index contributed by atoms with van der Waals surface area (Å²) in [6.45, 7) is 1.79. The van der Waals surface area contributed by atoms with Gasteiger partial charge in [0.1, 0.15) is 5.75 Å². The molecular formula is C37H40N2O6. The van der Waals surface area contributed by atoms with Crippen LogP contribution in [0.15, 0.2) is 60.7 Å². The second-order valence-electron chi connectivity index (χ2n) is 12.0. The highest BCUT2D eigenvalue weighted by molar-refractivity contribution is 5.64. The van der Waals surface area contributed by atoms with Crippen LogP contribution in [-0.4, -0.2) is 53.5 Å². The molecule has 0 fully saturated rings. The number of rotatable bonds is 4. The third-order valence-corrected chi connectivity index (χ3v) is 9.40. The van der Waals surface area contributed by atoms with Crippen LogP contribution in [-0.2, 0) is 25.7 Å². The molecule has 8 heteroatoms. The van der Waals surface area contributed by atoms with Gasteiger partial charge in [0.25, 0.3) is 0 Å². The molecule has 0 amide bonds. The van der Waals surface area contributed by atoms with E-state index in [1.807, 2.05) is 18.2 Å². The zero-order chi connectivity index (χ0) is 31.1. The monoisotopic (exact) mass is 608 g/mol. The van der Waals surface area contributed by atoms with E-state index >= 15 is 0 Å². The number of hydrogen-bond donors (Lipinski definition) is 1. The molecule has 45 heavy (non-hydrogen) atoms. The van der Waals surface area contributed by atoms with E-state index in [1.165, 1.54) is 22.3 Å². The summed E-state index contributed by atoms with van der Waals surface area (Å²) in [7, 11) is 8.88. The van der Waals surface area contributed by atoms with E-state index in [-0.39, 0.29) is 12.1 Å². The Morgan fingerprint density at radius 3 is 2.20 bits per heavy atom. The minimum absolute atomic E-state index is 0.000931. The van der Waals surface area contributed by atoms with Crippen LogP contribution in [0.1, 0.15) is 45.5 Å². The normalized spacial score (nSPS) is 18.9. The smallest absolute Gasteiger partial charge is 0.204 e. The number of fused-ring (bicyclic) bond motifs is 2. The SMILES string of the molecule is COc1ccc2cc1Oc1ccc(cc1)CC1NCCc3cc(OC)c(cc31)Oc1c(OC)c(OC)cc3c1C(C2)N(C)CC3. The minimum Gasteiger partial charge on any atom is -0.493 e. The van der Waals surface area contributed by atoms with Crippen molar-refractivity contribution in [2.45, 2.75) is 37.8 Å². The molecule has 234 valence electrons. The Labute approximate surface area is 264 Å². The molecule has 4 heterocycles. The third-order valence-electron chi connectivity index (χ3n) is 9.40. The van der Waals surface area contributed by atoms with Gasteiger partial charge in [-0.2, -0.15) is 0 Å². The summed E-state index contributed by atoms with van der Waals surface area (Å²) in [5.41, 5.74) is 7.07. The highest BCUT2D eigenvalue weighted by Crippen LogP contribution is 2.51. The zero-order valence-electron chi connectivity index (χ0n) is 26.6. The summed E-state index contributed by atoms with van der Waals surface area (Å²) in [4.78, 5) is 2.38. The largest absolute Gasteiger partial charge is 0.493 e. The standard InChI is InChI=1S/C37H40N2O6/c1-39-15-13-25-20-34(42-4)36(43-5)37-35(25)29(39)17-23-8-11-30(40-2)32(18-23)44-26-9-6-22(7-10-26)16-28-27-21-33(45-37)31(41-3)19-24(27)12-14-38-28/h6-11,18-21,28-29,38H,12-17H2,1-5H3. The average Bonchev–Trinajstić information content (AvgIpc) is 3.06. The van der Waals surface area contributed by atoms with Gasteiger partial charge in [-0.3, -0.25) is 4.90 Å². The summed E-state index contributed by atoms with van der Waals surface area (Å²) in [5.74, 6) is 5.37. The van der Waals surface area contributed by atoms with Crippen molar-refractivity contribution in [3.63, 3.8) is 0 Å². The van der Waals surface area contributed by atoms with Gasteiger partial charge in [-0.15, -0.1) is 0 Å². The molecule has 2 unspecified atom stereocenters. The Bertz CT molecular complexity index is 1720. The molecule has 8 rings (SSSR count). The van der Waals surface area contributed by atoms with Gasteiger partial charge in [0, 0.05) is 24.2 Å². The van der Waals surface area contributed by atoms with Gasteiger partial charge in [-0.25, -0.2) is 0 Å². The van der Waals surface area contributed by atoms with Gasteiger partial charge in [-0.05, 0) is 110 Å². The van der Waals surface area contributed by atoms with Crippen LogP contribution in [0.5, 0.6) is 46.0 Å². The van der Waals surface area contributed by atoms with Gasteiger partial charge >= 0.3 is 0 Å². The summed E-state index contributed by atoms with van der Waals surface area (Å²) in [6.07, 6.45) is 3.32. The molecule has 2 atom stereocenters. The lowest BCUT2D eigenvalue weighted by atomic mass is 9.87. The van der Waals surface area contributed by atoms with Crippen LogP contribution in [0.3, 0.4) is 0 Å². The Kier molecular flexibility index (Phi) is 7.94. The topological polar surface area (TPSA) is 70.7 Å². The van der Waals surface area contributed by atoms with Crippen molar-refractivity contribution in [3.8, 4) is 46.0 Å². The van der Waals surface area contributed by atoms with Crippen LogP contribution in [0.25, 0.3) is 0 Å². The van der Waals surface area contributed by atoms with E-state index in [0.29, 0.717) is 40.2 Å². The molecule has 0 aliphatic carbocycles. The first-order chi connectivity index (χ1) is 22.0. The van der Waals surface area contributed by atoms with E-state index < -0.39 is 0 Å². The van der Waals surface area contributed by atoms with Crippen LogP contribution < -0.4 is 33.7 Å². The Morgan fingerprint density at radius 1 is 0.711 bits per heavy atom. The van der Waals surface area contributed by atoms with Gasteiger partial charge in [0.2, 0.25) is 5.75 Å². The highest BCUT2D eigenvalue weighted by Gasteiger charge is 2.34. The second kappa shape index (κ2) is 12.2. The fraction of sp³-hybridized carbons (Fsp3) is 0.351. The molecule has 0 aromatic heterocycles. The molecule has 0 spiro atoms.